The molecule has 0 aromatic heterocycles. The lowest BCUT2D eigenvalue weighted by molar-refractivity contribution is 0.0742. The fourth-order valence-electron chi connectivity index (χ4n) is 2.32. The van der Waals surface area contributed by atoms with Crippen molar-refractivity contribution in [2.24, 2.45) is 0 Å². The van der Waals surface area contributed by atoms with Crippen LogP contribution in [0.4, 0.5) is 4.39 Å². The highest BCUT2D eigenvalue weighted by Crippen LogP contribution is 2.22. The van der Waals surface area contributed by atoms with E-state index in [4.69, 9.17) is 0 Å². The minimum atomic E-state index is -3.53. The van der Waals surface area contributed by atoms with Gasteiger partial charge in [-0.1, -0.05) is 12.1 Å². The second-order valence-corrected chi connectivity index (χ2v) is 8.11. The van der Waals surface area contributed by atoms with Gasteiger partial charge in [-0.15, -0.1) is 0 Å². The Morgan fingerprint density at radius 1 is 0.960 bits per heavy atom. The Hall–Kier alpha value is -2.25. The van der Waals surface area contributed by atoms with Gasteiger partial charge in [0.25, 0.3) is 5.91 Å². The highest BCUT2D eigenvalue weighted by Gasteiger charge is 2.21. The summed E-state index contributed by atoms with van der Waals surface area (Å²) in [5, 5.41) is 0. The fourth-order valence-corrected chi connectivity index (χ4v) is 3.23. The van der Waals surface area contributed by atoms with E-state index >= 15 is 0 Å². The number of hydrogen-bond acceptors (Lipinski definition) is 3. The summed E-state index contributed by atoms with van der Waals surface area (Å²) in [6.45, 7) is 1.84. The summed E-state index contributed by atoms with van der Waals surface area (Å²) in [6, 6.07) is 11.5. The number of hydrogen-bond donors (Lipinski definition) is 0. The van der Waals surface area contributed by atoms with Gasteiger partial charge in [-0.05, 0) is 48.9 Å². The van der Waals surface area contributed by atoms with E-state index in [9.17, 15) is 17.6 Å². The van der Waals surface area contributed by atoms with Crippen LogP contribution >= 0.6 is 0 Å². The van der Waals surface area contributed by atoms with Crippen molar-refractivity contribution >= 4 is 15.9 Å². The monoisotopic (exact) mass is 364 g/mol. The molecule has 0 bridgehead atoms. The van der Waals surface area contributed by atoms with Crippen molar-refractivity contribution in [3.05, 3.63) is 65.5 Å². The van der Waals surface area contributed by atoms with Crippen molar-refractivity contribution < 1.29 is 17.6 Å². The molecule has 0 aliphatic carbocycles. The van der Waals surface area contributed by atoms with Crippen LogP contribution in [-0.2, 0) is 10.0 Å². The molecule has 0 aliphatic heterocycles. The molecule has 7 heteroatoms. The Labute approximate surface area is 147 Å². The zero-order valence-corrected chi connectivity index (χ0v) is 15.4. The Kier molecular flexibility index (Phi) is 5.59. The molecule has 2 aromatic carbocycles. The normalized spacial score (nSPS) is 12.9. The zero-order chi connectivity index (χ0) is 18.8. The summed E-state index contributed by atoms with van der Waals surface area (Å²) in [5.74, 6) is -0.576. The minimum absolute atomic E-state index is 0.128. The van der Waals surface area contributed by atoms with Crippen LogP contribution in [0.25, 0.3) is 0 Å². The number of sulfonamides is 1. The van der Waals surface area contributed by atoms with Crippen molar-refractivity contribution in [2.45, 2.75) is 17.9 Å². The van der Waals surface area contributed by atoms with Crippen molar-refractivity contribution in [2.75, 3.05) is 21.1 Å². The van der Waals surface area contributed by atoms with Crippen molar-refractivity contribution in [1.82, 2.24) is 9.21 Å². The van der Waals surface area contributed by atoms with Gasteiger partial charge in [0.05, 0.1) is 10.9 Å². The maximum atomic E-state index is 13.0. The minimum Gasteiger partial charge on any atom is -0.335 e. The second kappa shape index (κ2) is 7.33. The van der Waals surface area contributed by atoms with Crippen LogP contribution in [0.1, 0.15) is 28.9 Å². The standard InChI is InChI=1S/C18H21FN2O3S/c1-13(14-5-9-16(19)10-6-14)21(4)18(22)15-7-11-17(12-8-15)25(23,24)20(2)3/h5-13H,1-4H3/t13-/m0/s1. The number of rotatable bonds is 5. The van der Waals surface area contributed by atoms with Crippen LogP contribution in [0.3, 0.4) is 0 Å². The third kappa shape index (κ3) is 4.05. The second-order valence-electron chi connectivity index (χ2n) is 5.96. The van der Waals surface area contributed by atoms with E-state index in [0.717, 1.165) is 9.87 Å². The molecule has 0 unspecified atom stereocenters. The van der Waals surface area contributed by atoms with E-state index in [0.29, 0.717) is 5.56 Å². The Morgan fingerprint density at radius 2 is 1.48 bits per heavy atom. The lowest BCUT2D eigenvalue weighted by Gasteiger charge is -2.25. The van der Waals surface area contributed by atoms with E-state index in [1.807, 2.05) is 6.92 Å². The molecule has 0 saturated heterocycles. The van der Waals surface area contributed by atoms with Crippen LogP contribution in [0.2, 0.25) is 0 Å². The molecule has 0 fully saturated rings. The highest BCUT2D eigenvalue weighted by atomic mass is 32.2. The largest absolute Gasteiger partial charge is 0.335 e. The molecule has 2 rings (SSSR count). The Bertz CT molecular complexity index is 847. The smallest absolute Gasteiger partial charge is 0.254 e. The molecule has 1 atom stereocenters. The van der Waals surface area contributed by atoms with Gasteiger partial charge >= 0.3 is 0 Å². The van der Waals surface area contributed by atoms with Crippen LogP contribution in [-0.4, -0.2) is 44.7 Å². The van der Waals surface area contributed by atoms with Crippen LogP contribution in [0.5, 0.6) is 0 Å². The third-order valence-electron chi connectivity index (χ3n) is 4.13. The lowest BCUT2D eigenvalue weighted by Crippen LogP contribution is -2.29. The zero-order valence-electron chi connectivity index (χ0n) is 14.6. The number of nitrogens with zero attached hydrogens (tertiary/aromatic N) is 2. The van der Waals surface area contributed by atoms with E-state index in [1.54, 1.807) is 19.2 Å². The topological polar surface area (TPSA) is 57.7 Å². The predicted octanol–water partition coefficient (Wildman–Crippen LogP) is 2.91. The molecule has 0 N–H and O–H groups in total. The van der Waals surface area contributed by atoms with Gasteiger partial charge in [-0.2, -0.15) is 0 Å². The first kappa shape index (κ1) is 19.1. The molecule has 0 spiro atoms. The Balaban J connectivity index is 2.21. The van der Waals surface area contributed by atoms with Gasteiger partial charge in [-0.3, -0.25) is 4.79 Å². The summed E-state index contributed by atoms with van der Waals surface area (Å²) in [6.07, 6.45) is 0. The molecule has 2 aromatic rings. The average molecular weight is 364 g/mol. The van der Waals surface area contributed by atoms with Crippen LogP contribution < -0.4 is 0 Å². The summed E-state index contributed by atoms with van der Waals surface area (Å²) in [7, 11) is 1.03. The maximum absolute atomic E-state index is 13.0. The Morgan fingerprint density at radius 3 is 1.96 bits per heavy atom. The van der Waals surface area contributed by atoms with E-state index in [2.05, 4.69) is 0 Å². The van der Waals surface area contributed by atoms with Gasteiger partial charge in [0.2, 0.25) is 10.0 Å². The number of benzene rings is 2. The first-order valence-corrected chi connectivity index (χ1v) is 9.14. The van der Waals surface area contributed by atoms with Gasteiger partial charge < -0.3 is 4.90 Å². The molecule has 0 saturated carbocycles. The summed E-state index contributed by atoms with van der Waals surface area (Å²) < 4.78 is 38.3. The number of carbonyl (C=O) groups is 1. The van der Waals surface area contributed by atoms with Crippen LogP contribution in [0.15, 0.2) is 53.4 Å². The molecule has 134 valence electrons. The highest BCUT2D eigenvalue weighted by molar-refractivity contribution is 7.89. The first-order valence-electron chi connectivity index (χ1n) is 7.70. The van der Waals surface area contributed by atoms with Crippen molar-refractivity contribution in [3.63, 3.8) is 0 Å². The van der Waals surface area contributed by atoms with Crippen molar-refractivity contribution in [1.29, 1.82) is 0 Å². The van der Waals surface area contributed by atoms with Gasteiger partial charge in [-0.25, -0.2) is 17.1 Å². The number of carbonyl (C=O) groups excluding carboxylic acids is 1. The van der Waals surface area contributed by atoms with E-state index < -0.39 is 10.0 Å². The molecular formula is C18H21FN2O3S. The van der Waals surface area contributed by atoms with Crippen LogP contribution in [0, 0.1) is 5.82 Å². The lowest BCUT2D eigenvalue weighted by atomic mass is 10.1. The summed E-state index contributed by atoms with van der Waals surface area (Å²) >= 11 is 0. The SMILES string of the molecule is C[C@@H](c1ccc(F)cc1)N(C)C(=O)c1ccc(S(=O)(=O)N(C)C)cc1. The molecule has 25 heavy (non-hydrogen) atoms. The number of halogens is 1. The molecule has 5 nitrogen and oxygen atoms in total. The first-order chi connectivity index (χ1) is 11.6. The fraction of sp³-hybridized carbons (Fsp3) is 0.278. The number of amides is 1. The quantitative estimate of drug-likeness (QED) is 0.820. The molecule has 0 radical (unpaired) electrons. The molecule has 0 aliphatic rings. The van der Waals surface area contributed by atoms with E-state index in [1.165, 1.54) is 55.4 Å². The molecule has 0 heterocycles. The average Bonchev–Trinajstić information content (AvgIpc) is 2.60. The van der Waals surface area contributed by atoms with Gasteiger partial charge in [0, 0.05) is 26.7 Å². The van der Waals surface area contributed by atoms with Gasteiger partial charge in [0.15, 0.2) is 0 Å². The maximum Gasteiger partial charge on any atom is 0.254 e. The molecule has 1 amide bonds. The molecular weight excluding hydrogens is 343 g/mol. The third-order valence-corrected chi connectivity index (χ3v) is 5.96. The summed E-state index contributed by atoms with van der Waals surface area (Å²) in [4.78, 5) is 14.3. The summed E-state index contributed by atoms with van der Waals surface area (Å²) in [5.41, 5.74) is 1.19. The van der Waals surface area contributed by atoms with Crippen molar-refractivity contribution in [3.8, 4) is 0 Å². The van der Waals surface area contributed by atoms with Gasteiger partial charge in [0.1, 0.15) is 5.82 Å². The van der Waals surface area contributed by atoms with E-state index in [-0.39, 0.29) is 22.7 Å². The predicted molar refractivity (Wildman–Crippen MR) is 94.2 cm³/mol.